The summed E-state index contributed by atoms with van der Waals surface area (Å²) in [7, 11) is 0. The first kappa shape index (κ1) is 17.8. The highest BCUT2D eigenvalue weighted by molar-refractivity contribution is 7.99. The van der Waals surface area contributed by atoms with Crippen LogP contribution in [0.1, 0.15) is 17.2 Å². The number of nitrogens with one attached hydrogen (secondary N) is 1. The maximum atomic E-state index is 12.9. The van der Waals surface area contributed by atoms with Gasteiger partial charge in [-0.05, 0) is 29.7 Å². The molecule has 0 aromatic heterocycles. The van der Waals surface area contributed by atoms with Gasteiger partial charge in [-0.25, -0.2) is 0 Å². The minimum absolute atomic E-state index is 0.0539. The van der Waals surface area contributed by atoms with Crippen molar-refractivity contribution < 1.29 is 9.90 Å². The highest BCUT2D eigenvalue weighted by atomic mass is 32.2. The Morgan fingerprint density at radius 2 is 1.88 bits per heavy atom. The van der Waals surface area contributed by atoms with Crippen molar-refractivity contribution in [2.24, 2.45) is 0 Å². The zero-order valence-electron chi connectivity index (χ0n) is 14.2. The summed E-state index contributed by atoms with van der Waals surface area (Å²) in [6.07, 6.45) is 0.706. The van der Waals surface area contributed by atoms with Crippen LogP contribution in [0.15, 0.2) is 54.6 Å². The molecule has 2 aromatic carbocycles. The van der Waals surface area contributed by atoms with Crippen LogP contribution < -0.4 is 5.32 Å². The number of benzene rings is 2. The Kier molecular flexibility index (Phi) is 6.36. The van der Waals surface area contributed by atoms with Crippen LogP contribution in [-0.4, -0.2) is 47.1 Å². The molecule has 1 aliphatic rings. The number of hydrogen-bond donors (Lipinski definition) is 2. The Morgan fingerprint density at radius 3 is 2.60 bits per heavy atom. The molecule has 0 saturated carbocycles. The molecule has 4 nitrogen and oxygen atoms in total. The van der Waals surface area contributed by atoms with E-state index in [9.17, 15) is 9.90 Å². The second kappa shape index (κ2) is 8.92. The molecule has 1 atom stereocenters. The van der Waals surface area contributed by atoms with Gasteiger partial charge in [0.2, 0.25) is 5.91 Å². The number of thioether (sulfide) groups is 1. The molecule has 0 radical (unpaired) electrons. The number of carbonyl (C=O) groups is 1. The summed E-state index contributed by atoms with van der Waals surface area (Å²) in [5.74, 6) is 2.45. The van der Waals surface area contributed by atoms with Crippen LogP contribution in [0, 0.1) is 0 Å². The standard InChI is InChI=1S/C20H24N2O2S/c23-18-8-4-5-16(15-18)9-10-21-20(24)19(17-6-2-1-3-7-17)22-11-13-25-14-12-22/h1-8,15,19,23H,9-14H2,(H,21,24). The first-order valence-corrected chi connectivity index (χ1v) is 9.82. The Hall–Kier alpha value is -1.98. The van der Waals surface area contributed by atoms with E-state index in [4.69, 9.17) is 0 Å². The summed E-state index contributed by atoms with van der Waals surface area (Å²) in [6.45, 7) is 2.43. The number of phenolic OH excluding ortho intramolecular Hbond substituents is 1. The first-order valence-electron chi connectivity index (χ1n) is 8.66. The van der Waals surface area contributed by atoms with Gasteiger partial charge < -0.3 is 10.4 Å². The van der Waals surface area contributed by atoms with Crippen LogP contribution in [0.3, 0.4) is 0 Å². The third kappa shape index (κ3) is 5.00. The SMILES string of the molecule is O=C(NCCc1cccc(O)c1)C(c1ccccc1)N1CCSCC1. The van der Waals surface area contributed by atoms with Gasteiger partial charge in [0.25, 0.3) is 0 Å². The Bertz CT molecular complexity index is 687. The van der Waals surface area contributed by atoms with E-state index in [0.717, 1.165) is 35.7 Å². The average Bonchev–Trinajstić information content (AvgIpc) is 2.64. The molecule has 0 spiro atoms. The molecule has 1 heterocycles. The van der Waals surface area contributed by atoms with Crippen molar-refractivity contribution in [2.45, 2.75) is 12.5 Å². The van der Waals surface area contributed by atoms with Crippen LogP contribution in [0.5, 0.6) is 5.75 Å². The molecule has 0 bridgehead atoms. The number of phenols is 1. The van der Waals surface area contributed by atoms with Gasteiger partial charge in [0.05, 0.1) is 0 Å². The van der Waals surface area contributed by atoms with Gasteiger partial charge in [-0.2, -0.15) is 11.8 Å². The number of rotatable bonds is 6. The van der Waals surface area contributed by atoms with Crippen LogP contribution >= 0.6 is 11.8 Å². The van der Waals surface area contributed by atoms with Gasteiger partial charge in [-0.15, -0.1) is 0 Å². The molecule has 2 N–H and O–H groups in total. The normalized spacial score (nSPS) is 16.3. The van der Waals surface area contributed by atoms with E-state index in [2.05, 4.69) is 10.2 Å². The van der Waals surface area contributed by atoms with Crippen LogP contribution in [-0.2, 0) is 11.2 Å². The molecule has 1 aliphatic heterocycles. The predicted molar refractivity (Wildman–Crippen MR) is 103 cm³/mol. The maximum absolute atomic E-state index is 12.9. The number of aromatic hydroxyl groups is 1. The Morgan fingerprint density at radius 1 is 1.12 bits per heavy atom. The molecule has 0 aliphatic carbocycles. The van der Waals surface area contributed by atoms with Crippen molar-refractivity contribution >= 4 is 17.7 Å². The molecule has 1 fully saturated rings. The highest BCUT2D eigenvalue weighted by Crippen LogP contribution is 2.24. The molecule has 2 aromatic rings. The van der Waals surface area contributed by atoms with Crippen LogP contribution in [0.2, 0.25) is 0 Å². The molecule has 1 unspecified atom stereocenters. The Labute approximate surface area is 153 Å². The zero-order chi connectivity index (χ0) is 17.5. The van der Waals surface area contributed by atoms with Gasteiger partial charge in [-0.3, -0.25) is 9.69 Å². The van der Waals surface area contributed by atoms with Crippen LogP contribution in [0.4, 0.5) is 0 Å². The highest BCUT2D eigenvalue weighted by Gasteiger charge is 2.28. The van der Waals surface area contributed by atoms with Gasteiger partial charge in [0.1, 0.15) is 11.8 Å². The fourth-order valence-electron chi connectivity index (χ4n) is 3.14. The van der Waals surface area contributed by atoms with Crippen molar-refractivity contribution in [3.05, 3.63) is 65.7 Å². The molecule has 3 rings (SSSR count). The van der Waals surface area contributed by atoms with E-state index in [1.165, 1.54) is 0 Å². The van der Waals surface area contributed by atoms with E-state index >= 15 is 0 Å². The lowest BCUT2D eigenvalue weighted by atomic mass is 10.0. The van der Waals surface area contributed by atoms with E-state index in [1.54, 1.807) is 12.1 Å². The number of amides is 1. The van der Waals surface area contributed by atoms with Gasteiger partial charge in [-0.1, -0.05) is 42.5 Å². The number of hydrogen-bond acceptors (Lipinski definition) is 4. The average molecular weight is 356 g/mol. The largest absolute Gasteiger partial charge is 0.508 e. The van der Waals surface area contributed by atoms with Crippen LogP contribution in [0.25, 0.3) is 0 Å². The van der Waals surface area contributed by atoms with Crippen molar-refractivity contribution in [3.63, 3.8) is 0 Å². The van der Waals surface area contributed by atoms with Crippen molar-refractivity contribution in [3.8, 4) is 5.75 Å². The van der Waals surface area contributed by atoms with Gasteiger partial charge in [0.15, 0.2) is 0 Å². The summed E-state index contributed by atoms with van der Waals surface area (Å²) in [4.78, 5) is 15.2. The number of carbonyl (C=O) groups excluding carboxylic acids is 1. The van der Waals surface area contributed by atoms with Gasteiger partial charge in [0, 0.05) is 31.1 Å². The second-order valence-corrected chi connectivity index (χ2v) is 7.40. The fourth-order valence-corrected chi connectivity index (χ4v) is 4.07. The summed E-state index contributed by atoms with van der Waals surface area (Å²) >= 11 is 1.94. The summed E-state index contributed by atoms with van der Waals surface area (Å²) in [5.41, 5.74) is 2.06. The molecule has 25 heavy (non-hydrogen) atoms. The summed E-state index contributed by atoms with van der Waals surface area (Å²) in [6, 6.07) is 17.0. The summed E-state index contributed by atoms with van der Waals surface area (Å²) < 4.78 is 0. The predicted octanol–water partition coefficient (Wildman–Crippen LogP) is 2.84. The zero-order valence-corrected chi connectivity index (χ0v) is 15.0. The number of nitrogens with zero attached hydrogens (tertiary/aromatic N) is 1. The third-order valence-electron chi connectivity index (χ3n) is 4.40. The Balaban J connectivity index is 1.64. The fraction of sp³-hybridized carbons (Fsp3) is 0.350. The monoisotopic (exact) mass is 356 g/mol. The maximum Gasteiger partial charge on any atom is 0.241 e. The lowest BCUT2D eigenvalue weighted by molar-refractivity contribution is -0.126. The first-order chi connectivity index (χ1) is 12.2. The van der Waals surface area contributed by atoms with E-state index < -0.39 is 0 Å². The molecule has 5 heteroatoms. The molecule has 1 amide bonds. The smallest absolute Gasteiger partial charge is 0.241 e. The lowest BCUT2D eigenvalue weighted by Gasteiger charge is -2.33. The van der Waals surface area contributed by atoms with E-state index in [1.807, 2.05) is 54.2 Å². The van der Waals surface area contributed by atoms with Crippen molar-refractivity contribution in [1.29, 1.82) is 0 Å². The van der Waals surface area contributed by atoms with E-state index in [0.29, 0.717) is 13.0 Å². The van der Waals surface area contributed by atoms with E-state index in [-0.39, 0.29) is 17.7 Å². The molecular formula is C20H24N2O2S. The minimum atomic E-state index is -0.230. The summed E-state index contributed by atoms with van der Waals surface area (Å²) in [5, 5.41) is 12.6. The van der Waals surface area contributed by atoms with Crippen molar-refractivity contribution in [2.75, 3.05) is 31.1 Å². The van der Waals surface area contributed by atoms with Crippen molar-refractivity contribution in [1.82, 2.24) is 10.2 Å². The quantitative estimate of drug-likeness (QED) is 0.836. The minimum Gasteiger partial charge on any atom is -0.508 e. The second-order valence-electron chi connectivity index (χ2n) is 6.17. The molecule has 132 valence electrons. The lowest BCUT2D eigenvalue weighted by Crippen LogP contribution is -2.44. The molecule has 1 saturated heterocycles. The van der Waals surface area contributed by atoms with Gasteiger partial charge >= 0.3 is 0 Å². The third-order valence-corrected chi connectivity index (χ3v) is 5.34. The molecular weight excluding hydrogens is 332 g/mol. The topological polar surface area (TPSA) is 52.6 Å².